The molecule has 0 aromatic heterocycles. The second kappa shape index (κ2) is 9.46. The molecule has 0 spiro atoms. The Balaban J connectivity index is 1.60. The Kier molecular flexibility index (Phi) is 6.97. The monoisotopic (exact) mass is 458 g/mol. The highest BCUT2D eigenvalue weighted by Crippen LogP contribution is 2.66. The molecule has 4 aliphatic carbocycles. The molecule has 4 rings (SSSR count). The lowest BCUT2D eigenvalue weighted by molar-refractivity contribution is -0.178. The Hall–Kier alpha value is -1.79. The maximum absolute atomic E-state index is 13.2. The maximum atomic E-state index is 13.2. The number of hydrogen-bond donors (Lipinski definition) is 0. The second-order valence-electron chi connectivity index (χ2n) is 10.9. The molecule has 0 radical (unpaired) electrons. The number of carbonyl (C=O) groups is 3. The van der Waals surface area contributed by atoms with Crippen LogP contribution >= 0.6 is 0 Å². The number of ether oxygens (including phenoxy) is 3. The first kappa shape index (κ1) is 24.3. The summed E-state index contributed by atoms with van der Waals surface area (Å²) in [6.45, 7) is 6.50. The molecular formula is C27H38O6. The van der Waals surface area contributed by atoms with Crippen LogP contribution in [0.5, 0.6) is 0 Å². The van der Waals surface area contributed by atoms with Gasteiger partial charge in [-0.15, -0.1) is 0 Å². The van der Waals surface area contributed by atoms with Crippen LogP contribution in [0.15, 0.2) is 23.8 Å². The van der Waals surface area contributed by atoms with Crippen molar-refractivity contribution in [1.29, 1.82) is 0 Å². The van der Waals surface area contributed by atoms with E-state index in [9.17, 15) is 14.4 Å². The molecule has 0 saturated heterocycles. The van der Waals surface area contributed by atoms with Crippen molar-refractivity contribution in [3.8, 4) is 0 Å². The normalized spacial score (nSPS) is 39.3. The van der Waals surface area contributed by atoms with Crippen molar-refractivity contribution >= 4 is 17.5 Å². The van der Waals surface area contributed by atoms with Crippen LogP contribution in [-0.4, -0.2) is 44.1 Å². The van der Waals surface area contributed by atoms with E-state index in [1.54, 1.807) is 13.2 Å². The standard InChI is InChI=1S/C27H38O6/c1-5-6-24(30)32-15-22(29)21-10-9-20-19-8-7-17-13-18(28)11-12-26(17,2)25(19)23(33-16-31-4)14-27(20,21)3/h11-13,19-21,23,25H,5-10,14-16H2,1-4H3/t19-,20-,21+,23?,25+,26-,27-/m0/s1. The Bertz CT molecular complexity index is 859. The van der Waals surface area contributed by atoms with Crippen LogP contribution in [-0.2, 0) is 28.6 Å². The van der Waals surface area contributed by atoms with E-state index in [4.69, 9.17) is 14.2 Å². The van der Waals surface area contributed by atoms with Gasteiger partial charge in [-0.3, -0.25) is 14.4 Å². The number of ketones is 2. The van der Waals surface area contributed by atoms with E-state index in [0.29, 0.717) is 24.7 Å². The first-order valence-corrected chi connectivity index (χ1v) is 12.5. The summed E-state index contributed by atoms with van der Waals surface area (Å²) in [5.41, 5.74) is 0.799. The lowest BCUT2D eigenvalue weighted by Crippen LogP contribution is -2.57. The Morgan fingerprint density at radius 3 is 2.70 bits per heavy atom. The lowest BCUT2D eigenvalue weighted by atomic mass is 9.46. The van der Waals surface area contributed by atoms with Crippen molar-refractivity contribution in [2.75, 3.05) is 20.5 Å². The van der Waals surface area contributed by atoms with Crippen molar-refractivity contribution in [1.82, 2.24) is 0 Å². The van der Waals surface area contributed by atoms with Gasteiger partial charge in [-0.25, -0.2) is 0 Å². The number of hydrogen-bond acceptors (Lipinski definition) is 6. The van der Waals surface area contributed by atoms with Gasteiger partial charge in [-0.1, -0.05) is 32.4 Å². The van der Waals surface area contributed by atoms with E-state index in [1.807, 2.05) is 13.0 Å². The highest BCUT2D eigenvalue weighted by atomic mass is 16.7. The molecule has 0 aromatic carbocycles. The van der Waals surface area contributed by atoms with E-state index >= 15 is 0 Å². The van der Waals surface area contributed by atoms with Crippen molar-refractivity contribution in [3.05, 3.63) is 23.8 Å². The zero-order valence-electron chi connectivity index (χ0n) is 20.4. The van der Waals surface area contributed by atoms with E-state index < -0.39 is 0 Å². The van der Waals surface area contributed by atoms with Crippen LogP contribution < -0.4 is 0 Å². The molecule has 3 saturated carbocycles. The second-order valence-corrected chi connectivity index (χ2v) is 10.9. The molecule has 0 aliphatic heterocycles. The van der Waals surface area contributed by atoms with Crippen LogP contribution in [0, 0.1) is 34.5 Å². The third-order valence-electron chi connectivity index (χ3n) is 9.09. The molecule has 0 N–H and O–H groups in total. The quantitative estimate of drug-likeness (QED) is 0.396. The molecule has 33 heavy (non-hydrogen) atoms. The van der Waals surface area contributed by atoms with Crippen LogP contribution in [0.4, 0.5) is 0 Å². The molecular weight excluding hydrogens is 420 g/mol. The molecule has 7 atom stereocenters. The SMILES string of the molecule is CCCC(=O)OCC(=O)[C@H]1CC[C@H]2[C@@H]3CCC4=CC(=O)C=C[C@]4(C)[C@H]3C(OCOC)C[C@]12C. The van der Waals surface area contributed by atoms with E-state index in [-0.39, 0.29) is 59.7 Å². The largest absolute Gasteiger partial charge is 0.458 e. The summed E-state index contributed by atoms with van der Waals surface area (Å²) in [6.07, 6.45) is 11.1. The third kappa shape index (κ3) is 4.25. The summed E-state index contributed by atoms with van der Waals surface area (Å²) in [5, 5.41) is 0. The summed E-state index contributed by atoms with van der Waals surface area (Å²) in [7, 11) is 1.63. The fourth-order valence-electron chi connectivity index (χ4n) is 7.66. The number of Topliss-reactive ketones (excluding diaryl/α,β-unsaturated/α-hetero) is 1. The molecule has 0 bridgehead atoms. The van der Waals surface area contributed by atoms with Crippen LogP contribution in [0.1, 0.15) is 65.7 Å². The lowest BCUT2D eigenvalue weighted by Gasteiger charge is -2.59. The molecule has 4 aliphatic rings. The maximum Gasteiger partial charge on any atom is 0.306 e. The van der Waals surface area contributed by atoms with Gasteiger partial charge in [0.25, 0.3) is 0 Å². The van der Waals surface area contributed by atoms with Gasteiger partial charge in [0.05, 0.1) is 6.10 Å². The van der Waals surface area contributed by atoms with E-state index in [0.717, 1.165) is 32.1 Å². The molecule has 182 valence electrons. The molecule has 0 aromatic rings. The summed E-state index contributed by atoms with van der Waals surface area (Å²) in [4.78, 5) is 37.1. The smallest absolute Gasteiger partial charge is 0.306 e. The van der Waals surface area contributed by atoms with Crippen LogP contribution in [0.3, 0.4) is 0 Å². The number of esters is 1. The summed E-state index contributed by atoms with van der Waals surface area (Å²) in [6, 6.07) is 0. The van der Waals surface area contributed by atoms with Crippen molar-refractivity contribution in [3.63, 3.8) is 0 Å². The molecule has 0 amide bonds. The van der Waals surface area contributed by atoms with Crippen molar-refractivity contribution in [2.45, 2.75) is 71.8 Å². The van der Waals surface area contributed by atoms with E-state index in [2.05, 4.69) is 19.9 Å². The molecule has 6 nitrogen and oxygen atoms in total. The fourth-order valence-corrected chi connectivity index (χ4v) is 7.66. The molecule has 0 heterocycles. The molecule has 3 fully saturated rings. The molecule has 1 unspecified atom stereocenters. The van der Waals surface area contributed by atoms with Crippen LogP contribution in [0.2, 0.25) is 0 Å². The number of rotatable bonds is 8. The minimum absolute atomic E-state index is 0.0409. The van der Waals surface area contributed by atoms with Gasteiger partial charge in [0, 0.05) is 30.8 Å². The first-order valence-electron chi connectivity index (χ1n) is 12.5. The number of carbonyl (C=O) groups excluding carboxylic acids is 3. The van der Waals surface area contributed by atoms with Crippen LogP contribution in [0.25, 0.3) is 0 Å². The molecule has 6 heteroatoms. The third-order valence-corrected chi connectivity index (χ3v) is 9.09. The zero-order chi connectivity index (χ0) is 23.8. The predicted molar refractivity (Wildman–Crippen MR) is 123 cm³/mol. The van der Waals surface area contributed by atoms with Gasteiger partial charge < -0.3 is 14.2 Å². The van der Waals surface area contributed by atoms with Gasteiger partial charge in [0.1, 0.15) is 13.4 Å². The van der Waals surface area contributed by atoms with E-state index in [1.165, 1.54) is 5.57 Å². The first-order chi connectivity index (χ1) is 15.7. The Morgan fingerprint density at radius 1 is 1.18 bits per heavy atom. The highest BCUT2D eigenvalue weighted by Gasteiger charge is 2.63. The van der Waals surface area contributed by atoms with Gasteiger partial charge in [0.2, 0.25) is 0 Å². The van der Waals surface area contributed by atoms with Gasteiger partial charge in [0.15, 0.2) is 11.6 Å². The number of methoxy groups -OCH3 is 1. The number of fused-ring (bicyclic) bond motifs is 5. The predicted octanol–water partition coefficient (Wildman–Crippen LogP) is 4.42. The minimum atomic E-state index is -0.297. The van der Waals surface area contributed by atoms with Gasteiger partial charge >= 0.3 is 5.97 Å². The summed E-state index contributed by atoms with van der Waals surface area (Å²) < 4.78 is 16.9. The van der Waals surface area contributed by atoms with Gasteiger partial charge in [-0.2, -0.15) is 0 Å². The van der Waals surface area contributed by atoms with Crippen molar-refractivity contribution < 1.29 is 28.6 Å². The summed E-state index contributed by atoms with van der Waals surface area (Å²) in [5.74, 6) is 0.750. The topological polar surface area (TPSA) is 78.9 Å². The Morgan fingerprint density at radius 2 is 1.97 bits per heavy atom. The van der Waals surface area contributed by atoms with Gasteiger partial charge in [-0.05, 0) is 67.9 Å². The highest BCUT2D eigenvalue weighted by molar-refractivity contribution is 6.01. The fraction of sp³-hybridized carbons (Fsp3) is 0.741. The average molecular weight is 459 g/mol. The van der Waals surface area contributed by atoms with Crippen molar-refractivity contribution in [2.24, 2.45) is 34.5 Å². The average Bonchev–Trinajstić information content (AvgIpc) is 3.13. The number of allylic oxidation sites excluding steroid dienone is 4. The zero-order valence-corrected chi connectivity index (χ0v) is 20.4. The minimum Gasteiger partial charge on any atom is -0.458 e. The Labute approximate surface area is 197 Å². The summed E-state index contributed by atoms with van der Waals surface area (Å²) >= 11 is 0.